The van der Waals surface area contributed by atoms with E-state index in [9.17, 15) is 21.6 Å². The average molecular weight is 585 g/mol. The van der Waals surface area contributed by atoms with Crippen LogP contribution in [-0.2, 0) is 31.3 Å². The van der Waals surface area contributed by atoms with Gasteiger partial charge in [0.1, 0.15) is 5.75 Å². The topological polar surface area (TPSA) is 116 Å². The maximum atomic E-state index is 13.3. The van der Waals surface area contributed by atoms with Crippen molar-refractivity contribution in [2.75, 3.05) is 56.0 Å². The number of aryl methyl sites for hydroxylation is 1. The van der Waals surface area contributed by atoms with Gasteiger partial charge in [-0.2, -0.15) is 4.31 Å². The Bertz CT molecular complexity index is 1620. The largest absolute Gasteiger partial charge is 0.483 e. The molecule has 0 atom stereocenters. The number of amides is 1. The third kappa shape index (κ3) is 5.71. The highest BCUT2D eigenvalue weighted by atomic mass is 32.2. The molecule has 12 heteroatoms. The Morgan fingerprint density at radius 3 is 2.23 bits per heavy atom. The quantitative estimate of drug-likeness (QED) is 0.433. The maximum absolute atomic E-state index is 13.3. The van der Waals surface area contributed by atoms with Crippen molar-refractivity contribution in [2.24, 2.45) is 0 Å². The molecule has 1 N–H and O–H groups in total. The lowest BCUT2D eigenvalue weighted by molar-refractivity contribution is -0.118. The number of hydrogen-bond donors (Lipinski definition) is 1. The number of sulfonamides is 2. The summed E-state index contributed by atoms with van der Waals surface area (Å²) in [6, 6.07) is 18.1. The van der Waals surface area contributed by atoms with Crippen molar-refractivity contribution < 1.29 is 26.4 Å². The van der Waals surface area contributed by atoms with E-state index < -0.39 is 26.0 Å². The number of piperazine rings is 1. The van der Waals surface area contributed by atoms with Gasteiger partial charge < -0.3 is 15.0 Å². The van der Waals surface area contributed by atoms with Gasteiger partial charge in [0.25, 0.3) is 15.9 Å². The molecule has 0 bridgehead atoms. The standard InChI is InChI=1S/C28H32N4O6S2/c1-21-19-25(40(36,37)32-14-13-22-5-3-4-6-26(22)32)11-12-27(21)38-20-28(33)29-23-7-9-24(10-8-23)39(34,35)31-17-15-30(2)16-18-31/h3-12,19H,13-18,20H2,1-2H3,(H,29,33). The van der Waals surface area contributed by atoms with E-state index in [1.165, 1.54) is 26.8 Å². The number of benzene rings is 3. The Kier molecular flexibility index (Phi) is 7.87. The van der Waals surface area contributed by atoms with Crippen LogP contribution in [0.25, 0.3) is 0 Å². The number of nitrogens with one attached hydrogen (secondary N) is 1. The van der Waals surface area contributed by atoms with Crippen LogP contribution in [0.4, 0.5) is 11.4 Å². The van der Waals surface area contributed by atoms with Crippen LogP contribution in [0.5, 0.6) is 5.75 Å². The molecule has 0 radical (unpaired) electrons. The zero-order chi connectivity index (χ0) is 28.5. The Morgan fingerprint density at radius 1 is 0.850 bits per heavy atom. The van der Waals surface area contributed by atoms with E-state index in [0.717, 1.165) is 5.56 Å². The van der Waals surface area contributed by atoms with E-state index in [-0.39, 0.29) is 16.4 Å². The summed E-state index contributed by atoms with van der Waals surface area (Å²) >= 11 is 0. The minimum absolute atomic E-state index is 0.158. The lowest BCUT2D eigenvalue weighted by atomic mass is 10.2. The number of carbonyl (C=O) groups excluding carboxylic acids is 1. The molecule has 5 rings (SSSR count). The van der Waals surface area contributed by atoms with E-state index in [0.29, 0.717) is 61.8 Å². The molecule has 0 spiro atoms. The fourth-order valence-corrected chi connectivity index (χ4v) is 7.87. The molecule has 3 aromatic carbocycles. The van der Waals surface area contributed by atoms with E-state index in [1.54, 1.807) is 31.2 Å². The van der Waals surface area contributed by atoms with Crippen molar-refractivity contribution in [1.29, 1.82) is 0 Å². The van der Waals surface area contributed by atoms with E-state index >= 15 is 0 Å². The third-order valence-electron chi connectivity index (χ3n) is 7.18. The maximum Gasteiger partial charge on any atom is 0.264 e. The minimum Gasteiger partial charge on any atom is -0.483 e. The summed E-state index contributed by atoms with van der Waals surface area (Å²) in [6.45, 7) is 4.05. The second-order valence-corrected chi connectivity index (χ2v) is 13.8. The van der Waals surface area contributed by atoms with Gasteiger partial charge in [-0.3, -0.25) is 9.10 Å². The Morgan fingerprint density at radius 2 is 1.52 bits per heavy atom. The lowest BCUT2D eigenvalue weighted by Crippen LogP contribution is -2.46. The summed E-state index contributed by atoms with van der Waals surface area (Å²) in [6.07, 6.45) is 0.666. The number of fused-ring (bicyclic) bond motifs is 1. The number of ether oxygens (including phenoxy) is 1. The van der Waals surface area contributed by atoms with Gasteiger partial charge in [0.05, 0.1) is 15.5 Å². The summed E-state index contributed by atoms with van der Waals surface area (Å²) in [5.74, 6) is -0.0380. The second kappa shape index (κ2) is 11.2. The number of nitrogens with zero attached hydrogens (tertiary/aromatic N) is 3. The molecule has 3 aromatic rings. The molecule has 0 saturated carbocycles. The zero-order valence-corrected chi connectivity index (χ0v) is 24.0. The first-order valence-corrected chi connectivity index (χ1v) is 15.9. The normalized spacial score (nSPS) is 16.5. The summed E-state index contributed by atoms with van der Waals surface area (Å²) in [5.41, 5.74) is 2.72. The summed E-state index contributed by atoms with van der Waals surface area (Å²) < 4.78 is 60.9. The summed E-state index contributed by atoms with van der Waals surface area (Å²) in [5, 5.41) is 2.70. The highest BCUT2D eigenvalue weighted by Gasteiger charge is 2.31. The van der Waals surface area contributed by atoms with E-state index in [1.807, 2.05) is 31.3 Å². The van der Waals surface area contributed by atoms with E-state index in [4.69, 9.17) is 4.74 Å². The molecule has 40 heavy (non-hydrogen) atoms. The number of para-hydroxylation sites is 1. The monoisotopic (exact) mass is 584 g/mol. The Hall–Kier alpha value is -3.45. The Labute approximate surface area is 235 Å². The number of anilines is 2. The molecule has 1 fully saturated rings. The first-order chi connectivity index (χ1) is 19.1. The fourth-order valence-electron chi connectivity index (χ4n) is 4.86. The SMILES string of the molecule is Cc1cc(S(=O)(=O)N2CCc3ccccc32)ccc1OCC(=O)Nc1ccc(S(=O)(=O)N2CCN(C)CC2)cc1. The van der Waals surface area contributed by atoms with Gasteiger partial charge in [0, 0.05) is 38.4 Å². The van der Waals surface area contributed by atoms with Crippen LogP contribution in [0.2, 0.25) is 0 Å². The predicted molar refractivity (Wildman–Crippen MR) is 153 cm³/mol. The van der Waals surface area contributed by atoms with Crippen molar-refractivity contribution in [2.45, 2.75) is 23.1 Å². The van der Waals surface area contributed by atoms with Crippen molar-refractivity contribution >= 4 is 37.3 Å². The molecule has 0 unspecified atom stereocenters. The highest BCUT2D eigenvalue weighted by Crippen LogP contribution is 2.33. The second-order valence-electron chi connectivity index (χ2n) is 9.95. The molecular formula is C28H32N4O6S2. The van der Waals surface area contributed by atoms with Gasteiger partial charge in [-0.1, -0.05) is 18.2 Å². The molecule has 1 amide bonds. The highest BCUT2D eigenvalue weighted by molar-refractivity contribution is 7.92. The van der Waals surface area contributed by atoms with Crippen molar-refractivity contribution in [1.82, 2.24) is 9.21 Å². The lowest BCUT2D eigenvalue weighted by Gasteiger charge is -2.31. The molecule has 1 saturated heterocycles. The summed E-state index contributed by atoms with van der Waals surface area (Å²) in [7, 11) is -5.37. The molecule has 2 aliphatic heterocycles. The molecular weight excluding hydrogens is 552 g/mol. The molecule has 212 valence electrons. The van der Waals surface area contributed by atoms with Gasteiger partial charge in [-0.05, 0) is 80.1 Å². The average Bonchev–Trinajstić information content (AvgIpc) is 3.38. The predicted octanol–water partition coefficient (Wildman–Crippen LogP) is 2.70. The number of carbonyl (C=O) groups is 1. The molecule has 10 nitrogen and oxygen atoms in total. The van der Waals surface area contributed by atoms with Gasteiger partial charge >= 0.3 is 0 Å². The van der Waals surface area contributed by atoms with Gasteiger partial charge in [-0.15, -0.1) is 0 Å². The third-order valence-corrected chi connectivity index (χ3v) is 10.9. The first-order valence-electron chi connectivity index (χ1n) is 13.0. The fraction of sp³-hybridized carbons (Fsp3) is 0.321. The molecule has 2 aliphatic rings. The Balaban J connectivity index is 1.18. The van der Waals surface area contributed by atoms with E-state index in [2.05, 4.69) is 10.2 Å². The van der Waals surface area contributed by atoms with Crippen molar-refractivity contribution in [3.05, 3.63) is 77.9 Å². The van der Waals surface area contributed by atoms with Crippen molar-refractivity contribution in [3.8, 4) is 5.75 Å². The zero-order valence-electron chi connectivity index (χ0n) is 22.4. The smallest absolute Gasteiger partial charge is 0.264 e. The molecule has 2 heterocycles. The van der Waals surface area contributed by atoms with Crippen LogP contribution < -0.4 is 14.4 Å². The van der Waals surface area contributed by atoms with Crippen LogP contribution in [0.3, 0.4) is 0 Å². The van der Waals surface area contributed by atoms with Crippen LogP contribution >= 0.6 is 0 Å². The molecule has 0 aliphatic carbocycles. The number of likely N-dealkylation sites (N-methyl/N-ethyl adjacent to an activating group) is 1. The number of hydrogen-bond acceptors (Lipinski definition) is 7. The minimum atomic E-state index is -3.74. The van der Waals surface area contributed by atoms with Crippen LogP contribution in [0.15, 0.2) is 76.5 Å². The summed E-state index contributed by atoms with van der Waals surface area (Å²) in [4.78, 5) is 14.9. The van der Waals surface area contributed by atoms with Gasteiger partial charge in [0.15, 0.2) is 6.61 Å². The van der Waals surface area contributed by atoms with Crippen LogP contribution in [0, 0.1) is 6.92 Å². The van der Waals surface area contributed by atoms with Crippen LogP contribution in [-0.4, -0.2) is 78.3 Å². The van der Waals surface area contributed by atoms with Gasteiger partial charge in [-0.25, -0.2) is 16.8 Å². The number of rotatable bonds is 8. The first kappa shape index (κ1) is 28.1. The van der Waals surface area contributed by atoms with Crippen molar-refractivity contribution in [3.63, 3.8) is 0 Å². The van der Waals surface area contributed by atoms with Crippen LogP contribution in [0.1, 0.15) is 11.1 Å². The van der Waals surface area contributed by atoms with Gasteiger partial charge in [0.2, 0.25) is 10.0 Å². The molecule has 0 aromatic heterocycles.